The van der Waals surface area contributed by atoms with E-state index in [0.717, 1.165) is 0 Å². The first-order chi connectivity index (χ1) is 7.58. The van der Waals surface area contributed by atoms with Crippen molar-refractivity contribution in [2.24, 2.45) is 0 Å². The predicted molar refractivity (Wildman–Crippen MR) is 57.8 cm³/mol. The van der Waals surface area contributed by atoms with Crippen molar-refractivity contribution in [2.75, 3.05) is 44.4 Å². The number of ether oxygens (including phenoxy) is 1. The molecule has 0 bridgehead atoms. The Morgan fingerprint density at radius 2 is 2.00 bits per heavy atom. The number of rotatable bonds is 1. The molecule has 0 radical (unpaired) electrons. The summed E-state index contributed by atoms with van der Waals surface area (Å²) in [4.78, 5) is 13.6. The molecule has 2 rings (SSSR count). The van der Waals surface area contributed by atoms with Gasteiger partial charge in [-0.25, -0.2) is 8.42 Å². The lowest BCUT2D eigenvalue weighted by Gasteiger charge is -2.32. The maximum absolute atomic E-state index is 12.0. The molecule has 0 saturated carbocycles. The van der Waals surface area contributed by atoms with Gasteiger partial charge in [0.15, 0.2) is 9.84 Å². The Morgan fingerprint density at radius 3 is 2.56 bits per heavy atom. The lowest BCUT2D eigenvalue weighted by molar-refractivity contribution is -0.136. The largest absolute Gasteiger partial charge is 0.378 e. The number of sulfone groups is 1. The van der Waals surface area contributed by atoms with Crippen LogP contribution in [0.1, 0.15) is 0 Å². The van der Waals surface area contributed by atoms with Crippen LogP contribution in [0, 0.1) is 0 Å². The molecule has 6 nitrogen and oxygen atoms in total. The number of morpholine rings is 1. The van der Waals surface area contributed by atoms with Gasteiger partial charge in [-0.15, -0.1) is 0 Å². The molecule has 0 aromatic rings. The molecule has 1 N–H and O–H groups in total. The third kappa shape index (κ3) is 2.72. The van der Waals surface area contributed by atoms with E-state index in [1.165, 1.54) is 0 Å². The molecule has 1 unspecified atom stereocenters. The van der Waals surface area contributed by atoms with E-state index in [-0.39, 0.29) is 23.5 Å². The van der Waals surface area contributed by atoms with E-state index in [0.29, 0.717) is 32.8 Å². The van der Waals surface area contributed by atoms with Crippen molar-refractivity contribution in [3.8, 4) is 0 Å². The molecular weight excluding hydrogens is 232 g/mol. The van der Waals surface area contributed by atoms with E-state index in [2.05, 4.69) is 5.32 Å². The van der Waals surface area contributed by atoms with Gasteiger partial charge >= 0.3 is 0 Å². The third-order valence-electron chi connectivity index (χ3n) is 2.88. The van der Waals surface area contributed by atoms with Gasteiger partial charge in [0.25, 0.3) is 0 Å². The molecule has 2 heterocycles. The van der Waals surface area contributed by atoms with Crippen molar-refractivity contribution >= 4 is 15.7 Å². The SMILES string of the molecule is O=C(C1COCCN1)N1CCS(=O)(=O)CC1. The minimum atomic E-state index is -2.93. The molecule has 2 aliphatic heterocycles. The monoisotopic (exact) mass is 248 g/mol. The standard InChI is InChI=1S/C9H16N2O4S/c12-9(8-7-15-4-1-10-8)11-2-5-16(13,14)6-3-11/h8,10H,1-7H2. The first-order valence-electron chi connectivity index (χ1n) is 5.39. The Balaban J connectivity index is 1.90. The van der Waals surface area contributed by atoms with Crippen molar-refractivity contribution in [1.82, 2.24) is 10.2 Å². The highest BCUT2D eigenvalue weighted by Gasteiger charge is 2.30. The highest BCUT2D eigenvalue weighted by molar-refractivity contribution is 7.91. The van der Waals surface area contributed by atoms with Crippen molar-refractivity contribution in [3.63, 3.8) is 0 Å². The third-order valence-corrected chi connectivity index (χ3v) is 4.49. The minimum Gasteiger partial charge on any atom is -0.378 e. The number of hydrogen-bond acceptors (Lipinski definition) is 5. The molecule has 2 saturated heterocycles. The molecule has 92 valence electrons. The second-order valence-electron chi connectivity index (χ2n) is 4.06. The average molecular weight is 248 g/mol. The summed E-state index contributed by atoms with van der Waals surface area (Å²) in [6, 6.07) is -0.311. The van der Waals surface area contributed by atoms with Crippen LogP contribution in [0.15, 0.2) is 0 Å². The van der Waals surface area contributed by atoms with E-state index in [4.69, 9.17) is 4.74 Å². The quantitative estimate of drug-likeness (QED) is 0.594. The van der Waals surface area contributed by atoms with Gasteiger partial charge < -0.3 is 15.0 Å². The first-order valence-corrected chi connectivity index (χ1v) is 7.21. The molecule has 2 fully saturated rings. The summed E-state index contributed by atoms with van der Waals surface area (Å²) in [6.07, 6.45) is 0. The number of nitrogens with one attached hydrogen (secondary N) is 1. The van der Waals surface area contributed by atoms with Gasteiger partial charge in [0.2, 0.25) is 5.91 Å². The lowest BCUT2D eigenvalue weighted by atomic mass is 10.2. The zero-order chi connectivity index (χ0) is 11.6. The summed E-state index contributed by atoms with van der Waals surface area (Å²) >= 11 is 0. The number of carbonyl (C=O) groups is 1. The van der Waals surface area contributed by atoms with E-state index >= 15 is 0 Å². The van der Waals surface area contributed by atoms with Gasteiger partial charge in [0, 0.05) is 19.6 Å². The fourth-order valence-electron chi connectivity index (χ4n) is 1.88. The summed E-state index contributed by atoms with van der Waals surface area (Å²) in [5, 5.41) is 3.07. The zero-order valence-corrected chi connectivity index (χ0v) is 9.83. The average Bonchev–Trinajstić information content (AvgIpc) is 2.29. The van der Waals surface area contributed by atoms with E-state index in [1.54, 1.807) is 4.90 Å². The number of nitrogens with zero attached hydrogens (tertiary/aromatic N) is 1. The molecule has 0 aliphatic carbocycles. The van der Waals surface area contributed by atoms with Crippen LogP contribution in [-0.2, 0) is 19.4 Å². The van der Waals surface area contributed by atoms with Crippen LogP contribution in [0.3, 0.4) is 0 Å². The second-order valence-corrected chi connectivity index (χ2v) is 6.36. The van der Waals surface area contributed by atoms with Crippen LogP contribution in [0.25, 0.3) is 0 Å². The molecule has 0 spiro atoms. The maximum Gasteiger partial charge on any atom is 0.242 e. The van der Waals surface area contributed by atoms with Gasteiger partial charge in [-0.1, -0.05) is 0 Å². The normalized spacial score (nSPS) is 30.0. The summed E-state index contributed by atoms with van der Waals surface area (Å²) in [7, 11) is -2.93. The Kier molecular flexibility index (Phi) is 3.46. The fraction of sp³-hybridized carbons (Fsp3) is 0.889. The van der Waals surface area contributed by atoms with Gasteiger partial charge in [0.05, 0.1) is 24.7 Å². The number of carbonyl (C=O) groups excluding carboxylic acids is 1. The highest BCUT2D eigenvalue weighted by Crippen LogP contribution is 2.07. The molecular formula is C9H16N2O4S. The predicted octanol–water partition coefficient (Wildman–Crippen LogP) is -1.77. The van der Waals surface area contributed by atoms with Gasteiger partial charge in [0.1, 0.15) is 6.04 Å². The summed E-state index contributed by atoms with van der Waals surface area (Å²) in [5.74, 6) is 0.105. The summed E-state index contributed by atoms with van der Waals surface area (Å²) < 4.78 is 27.6. The van der Waals surface area contributed by atoms with E-state index < -0.39 is 9.84 Å². The van der Waals surface area contributed by atoms with Crippen LogP contribution in [0.2, 0.25) is 0 Å². The lowest BCUT2D eigenvalue weighted by Crippen LogP contribution is -2.55. The Bertz CT molecular complexity index is 348. The van der Waals surface area contributed by atoms with Crippen LogP contribution in [0.4, 0.5) is 0 Å². The molecule has 0 aromatic heterocycles. The molecule has 1 amide bonds. The van der Waals surface area contributed by atoms with Crippen molar-refractivity contribution < 1.29 is 17.9 Å². The summed E-state index contributed by atoms with van der Waals surface area (Å²) in [6.45, 7) is 2.28. The fourth-order valence-corrected chi connectivity index (χ4v) is 3.08. The number of hydrogen-bond donors (Lipinski definition) is 1. The van der Waals surface area contributed by atoms with Gasteiger partial charge in [-0.05, 0) is 0 Å². The van der Waals surface area contributed by atoms with E-state index in [9.17, 15) is 13.2 Å². The number of amides is 1. The topological polar surface area (TPSA) is 75.7 Å². The second kappa shape index (κ2) is 4.68. The Labute approximate surface area is 94.9 Å². The van der Waals surface area contributed by atoms with E-state index in [1.807, 2.05) is 0 Å². The maximum atomic E-state index is 12.0. The van der Waals surface area contributed by atoms with Gasteiger partial charge in [-0.2, -0.15) is 0 Å². The first kappa shape index (κ1) is 11.8. The summed E-state index contributed by atoms with van der Waals surface area (Å²) in [5.41, 5.74) is 0. The zero-order valence-electron chi connectivity index (χ0n) is 9.02. The smallest absolute Gasteiger partial charge is 0.242 e. The van der Waals surface area contributed by atoms with Gasteiger partial charge in [-0.3, -0.25) is 4.79 Å². The van der Waals surface area contributed by atoms with Crippen molar-refractivity contribution in [3.05, 3.63) is 0 Å². The molecule has 2 aliphatic rings. The molecule has 16 heavy (non-hydrogen) atoms. The van der Waals surface area contributed by atoms with Crippen LogP contribution in [-0.4, -0.2) is 69.6 Å². The van der Waals surface area contributed by atoms with Crippen LogP contribution in [0.5, 0.6) is 0 Å². The highest BCUT2D eigenvalue weighted by atomic mass is 32.2. The van der Waals surface area contributed by atoms with Crippen LogP contribution < -0.4 is 5.32 Å². The molecule has 1 atom stereocenters. The minimum absolute atomic E-state index is 0.0467. The molecule has 0 aromatic carbocycles. The molecule has 7 heteroatoms. The Morgan fingerprint density at radius 1 is 1.31 bits per heavy atom. The van der Waals surface area contributed by atoms with Crippen molar-refractivity contribution in [2.45, 2.75) is 6.04 Å². The van der Waals surface area contributed by atoms with Crippen LogP contribution >= 0.6 is 0 Å². The Hall–Kier alpha value is -0.660. The van der Waals surface area contributed by atoms with Crippen molar-refractivity contribution in [1.29, 1.82) is 0 Å².